The van der Waals surface area contributed by atoms with Crippen LogP contribution < -0.4 is 5.32 Å². The first kappa shape index (κ1) is 23.6. The fraction of sp³-hybridized carbons (Fsp3) is 0.133. The lowest BCUT2D eigenvalue weighted by atomic mass is 9.88. The quantitative estimate of drug-likeness (QED) is 0.268. The minimum atomic E-state index is -0.192. The van der Waals surface area contributed by atoms with Gasteiger partial charge in [-0.2, -0.15) is 5.10 Å². The molecule has 180 valence electrons. The lowest BCUT2D eigenvalue weighted by Crippen LogP contribution is -2.28. The average Bonchev–Trinajstić information content (AvgIpc) is 3.54. The van der Waals surface area contributed by atoms with Crippen molar-refractivity contribution in [2.24, 2.45) is 7.05 Å². The van der Waals surface area contributed by atoms with Crippen LogP contribution in [-0.4, -0.2) is 26.8 Å². The number of nitrogens with zero attached hydrogens (tertiary/aromatic N) is 3. The van der Waals surface area contributed by atoms with E-state index in [0.717, 1.165) is 12.1 Å². The van der Waals surface area contributed by atoms with Gasteiger partial charge in [-0.3, -0.25) is 4.79 Å². The van der Waals surface area contributed by atoms with E-state index in [4.69, 9.17) is 16.7 Å². The molecule has 2 heterocycles. The highest BCUT2D eigenvalue weighted by Gasteiger charge is 2.21. The second kappa shape index (κ2) is 10.7. The van der Waals surface area contributed by atoms with Gasteiger partial charge in [-0.05, 0) is 47.9 Å². The van der Waals surface area contributed by atoms with Crippen LogP contribution in [0.4, 0.5) is 0 Å². The molecule has 0 unspecified atom stereocenters. The van der Waals surface area contributed by atoms with Crippen molar-refractivity contribution < 1.29 is 4.79 Å². The summed E-state index contributed by atoms with van der Waals surface area (Å²) in [6.45, 7) is 0.514. The average molecular weight is 495 g/mol. The second-order valence-corrected chi connectivity index (χ2v) is 9.11. The number of amides is 1. The smallest absolute Gasteiger partial charge is 0.270 e. The predicted octanol–water partition coefficient (Wildman–Crippen LogP) is 6.48. The molecule has 5 nitrogen and oxygen atoms in total. The zero-order chi connectivity index (χ0) is 24.9. The number of para-hydroxylation sites is 1. The van der Waals surface area contributed by atoms with Crippen molar-refractivity contribution >= 4 is 17.5 Å². The molecule has 6 heteroatoms. The first-order valence-corrected chi connectivity index (χ1v) is 12.3. The van der Waals surface area contributed by atoms with E-state index in [-0.39, 0.29) is 11.8 Å². The van der Waals surface area contributed by atoms with Gasteiger partial charge in [-0.15, -0.1) is 0 Å². The number of hydrogen-bond donors (Lipinski definition) is 1. The third kappa shape index (κ3) is 4.97. The van der Waals surface area contributed by atoms with Crippen LogP contribution in [0.5, 0.6) is 0 Å². The molecule has 0 aliphatic rings. The normalized spacial score (nSPS) is 11.1. The van der Waals surface area contributed by atoms with Crippen molar-refractivity contribution in [2.45, 2.75) is 12.3 Å². The van der Waals surface area contributed by atoms with Gasteiger partial charge in [0.1, 0.15) is 11.4 Å². The molecule has 0 aliphatic heterocycles. The third-order valence-electron chi connectivity index (χ3n) is 6.35. The van der Waals surface area contributed by atoms with E-state index >= 15 is 0 Å². The Morgan fingerprint density at radius 3 is 2.14 bits per heavy atom. The number of carbonyl (C=O) groups excluding carboxylic acids is 1. The van der Waals surface area contributed by atoms with Gasteiger partial charge in [0.2, 0.25) is 0 Å². The Balaban J connectivity index is 1.41. The number of nitrogens with one attached hydrogen (secondary N) is 1. The van der Waals surface area contributed by atoms with Crippen LogP contribution in [0, 0.1) is 0 Å². The van der Waals surface area contributed by atoms with Crippen molar-refractivity contribution in [3.05, 3.63) is 131 Å². The Hall–Kier alpha value is -4.09. The number of aromatic nitrogens is 3. The molecule has 5 rings (SSSR count). The standard InChI is InChI=1S/C30H27ClN4O/c1-34-20-10-17-28(34)26-21-29(35(33-26)27-16-9-8-15-25(27)31)30(36)32-19-18-24(22-11-4-2-5-12-22)23-13-6-3-7-14-23/h2-17,20-21,24H,18-19H2,1H3,(H,32,36). The summed E-state index contributed by atoms with van der Waals surface area (Å²) in [6, 6.07) is 34.0. The number of benzene rings is 3. The first-order valence-electron chi connectivity index (χ1n) is 12.0. The topological polar surface area (TPSA) is 51.9 Å². The molecule has 1 amide bonds. The molecule has 0 saturated carbocycles. The number of rotatable bonds is 8. The number of carbonyl (C=O) groups is 1. The Labute approximate surface area is 216 Å². The zero-order valence-electron chi connectivity index (χ0n) is 20.0. The van der Waals surface area contributed by atoms with E-state index in [1.807, 2.05) is 66.3 Å². The molecule has 0 bridgehead atoms. The first-order chi connectivity index (χ1) is 17.6. The van der Waals surface area contributed by atoms with E-state index in [0.29, 0.717) is 28.6 Å². The Morgan fingerprint density at radius 1 is 0.889 bits per heavy atom. The van der Waals surface area contributed by atoms with Crippen LogP contribution in [0.2, 0.25) is 5.02 Å². The van der Waals surface area contributed by atoms with Crippen LogP contribution >= 0.6 is 11.6 Å². The lowest BCUT2D eigenvalue weighted by Gasteiger charge is -2.18. The minimum Gasteiger partial charge on any atom is -0.351 e. The summed E-state index contributed by atoms with van der Waals surface area (Å²) in [6.07, 6.45) is 2.72. The van der Waals surface area contributed by atoms with Crippen molar-refractivity contribution in [2.75, 3.05) is 6.54 Å². The Morgan fingerprint density at radius 2 is 1.53 bits per heavy atom. The van der Waals surface area contributed by atoms with Gasteiger partial charge in [0, 0.05) is 25.7 Å². The maximum absolute atomic E-state index is 13.5. The molecule has 0 spiro atoms. The molecule has 3 aromatic carbocycles. The van der Waals surface area contributed by atoms with Gasteiger partial charge in [-0.1, -0.05) is 84.4 Å². The van der Waals surface area contributed by atoms with E-state index in [2.05, 4.69) is 53.8 Å². The van der Waals surface area contributed by atoms with Gasteiger partial charge in [-0.25, -0.2) is 4.68 Å². The molecule has 36 heavy (non-hydrogen) atoms. The SMILES string of the molecule is Cn1cccc1-c1cc(C(=O)NCCC(c2ccccc2)c2ccccc2)n(-c2ccccc2Cl)n1. The zero-order valence-corrected chi connectivity index (χ0v) is 20.8. The predicted molar refractivity (Wildman–Crippen MR) is 145 cm³/mol. The Bertz CT molecular complexity index is 1420. The lowest BCUT2D eigenvalue weighted by molar-refractivity contribution is 0.0945. The number of halogens is 1. The van der Waals surface area contributed by atoms with Gasteiger partial charge in [0.15, 0.2) is 0 Å². The molecule has 2 aromatic heterocycles. The van der Waals surface area contributed by atoms with E-state index in [1.54, 1.807) is 10.7 Å². The molecule has 0 saturated heterocycles. The molecule has 5 aromatic rings. The highest BCUT2D eigenvalue weighted by atomic mass is 35.5. The van der Waals surface area contributed by atoms with Crippen LogP contribution in [0.1, 0.15) is 34.0 Å². The molecule has 0 fully saturated rings. The van der Waals surface area contributed by atoms with Crippen molar-refractivity contribution in [1.82, 2.24) is 19.7 Å². The maximum atomic E-state index is 13.5. The highest BCUT2D eigenvalue weighted by Crippen LogP contribution is 2.28. The number of hydrogen-bond acceptors (Lipinski definition) is 2. The van der Waals surface area contributed by atoms with E-state index < -0.39 is 0 Å². The number of aryl methyl sites for hydroxylation is 1. The van der Waals surface area contributed by atoms with Crippen molar-refractivity contribution in [3.8, 4) is 17.1 Å². The molecular formula is C30H27ClN4O. The van der Waals surface area contributed by atoms with Crippen LogP contribution in [0.3, 0.4) is 0 Å². The monoisotopic (exact) mass is 494 g/mol. The summed E-state index contributed by atoms with van der Waals surface area (Å²) >= 11 is 6.48. The largest absolute Gasteiger partial charge is 0.351 e. The molecule has 1 N–H and O–H groups in total. The summed E-state index contributed by atoms with van der Waals surface area (Å²) in [5, 5.41) is 8.41. The fourth-order valence-electron chi connectivity index (χ4n) is 4.52. The summed E-state index contributed by atoms with van der Waals surface area (Å²) in [5.74, 6) is -0.0112. The van der Waals surface area contributed by atoms with E-state index in [1.165, 1.54) is 11.1 Å². The summed E-state index contributed by atoms with van der Waals surface area (Å²) in [5.41, 5.74) is 5.18. The molecule has 0 atom stereocenters. The summed E-state index contributed by atoms with van der Waals surface area (Å²) in [4.78, 5) is 13.5. The second-order valence-electron chi connectivity index (χ2n) is 8.70. The van der Waals surface area contributed by atoms with Crippen LogP contribution in [0.15, 0.2) is 109 Å². The van der Waals surface area contributed by atoms with Crippen LogP contribution in [0.25, 0.3) is 17.1 Å². The van der Waals surface area contributed by atoms with Gasteiger partial charge in [0.05, 0.1) is 16.4 Å². The summed E-state index contributed by atoms with van der Waals surface area (Å²) < 4.78 is 3.61. The third-order valence-corrected chi connectivity index (χ3v) is 6.67. The maximum Gasteiger partial charge on any atom is 0.270 e. The van der Waals surface area contributed by atoms with E-state index in [9.17, 15) is 4.79 Å². The summed E-state index contributed by atoms with van der Waals surface area (Å²) in [7, 11) is 1.96. The van der Waals surface area contributed by atoms with Gasteiger partial charge >= 0.3 is 0 Å². The van der Waals surface area contributed by atoms with Gasteiger partial charge < -0.3 is 9.88 Å². The minimum absolute atomic E-state index is 0.181. The van der Waals surface area contributed by atoms with Gasteiger partial charge in [0.25, 0.3) is 5.91 Å². The highest BCUT2D eigenvalue weighted by molar-refractivity contribution is 6.32. The van der Waals surface area contributed by atoms with Crippen LogP contribution in [-0.2, 0) is 7.05 Å². The Kier molecular flexibility index (Phi) is 7.01. The van der Waals surface area contributed by atoms with Crippen molar-refractivity contribution in [3.63, 3.8) is 0 Å². The molecule has 0 aliphatic carbocycles. The fourth-order valence-corrected chi connectivity index (χ4v) is 4.74. The molecular weight excluding hydrogens is 468 g/mol. The van der Waals surface area contributed by atoms with Crippen molar-refractivity contribution in [1.29, 1.82) is 0 Å². The molecule has 0 radical (unpaired) electrons.